The molecule has 0 saturated carbocycles. The van der Waals surface area contributed by atoms with Crippen LogP contribution in [-0.2, 0) is 4.79 Å². The Bertz CT molecular complexity index is 337. The second kappa shape index (κ2) is 8.54. The molecule has 116 valence electrons. The zero-order valence-corrected chi connectivity index (χ0v) is 13.8. The number of carbonyl (C=O) groups excluding carboxylic acids is 1. The highest BCUT2D eigenvalue weighted by molar-refractivity contribution is 7.80. The first-order valence-electron chi connectivity index (χ1n) is 7.42. The molecule has 5 nitrogen and oxygen atoms in total. The van der Waals surface area contributed by atoms with Crippen LogP contribution in [0.5, 0.6) is 0 Å². The van der Waals surface area contributed by atoms with E-state index >= 15 is 0 Å². The van der Waals surface area contributed by atoms with E-state index in [9.17, 15) is 4.79 Å². The summed E-state index contributed by atoms with van der Waals surface area (Å²) in [4.78, 5) is 19.1. The lowest BCUT2D eigenvalue weighted by Gasteiger charge is -2.39. The lowest BCUT2D eigenvalue weighted by atomic mass is 10.2. The molecule has 1 rings (SSSR count). The van der Waals surface area contributed by atoms with Gasteiger partial charge in [-0.2, -0.15) is 0 Å². The molecule has 1 atom stereocenters. The number of piperazine rings is 1. The molecule has 0 aromatic heterocycles. The van der Waals surface area contributed by atoms with Crippen LogP contribution in [0.15, 0.2) is 0 Å². The van der Waals surface area contributed by atoms with E-state index in [1.165, 1.54) is 0 Å². The van der Waals surface area contributed by atoms with E-state index in [-0.39, 0.29) is 5.91 Å². The van der Waals surface area contributed by atoms with Crippen molar-refractivity contribution in [3.63, 3.8) is 0 Å². The van der Waals surface area contributed by atoms with E-state index in [1.807, 2.05) is 7.05 Å². The molecule has 1 aliphatic rings. The van der Waals surface area contributed by atoms with E-state index in [4.69, 9.17) is 18.0 Å². The Morgan fingerprint density at radius 3 is 2.65 bits per heavy atom. The average Bonchev–Trinajstić information content (AvgIpc) is 2.42. The van der Waals surface area contributed by atoms with Gasteiger partial charge in [0.15, 0.2) is 0 Å². The summed E-state index contributed by atoms with van der Waals surface area (Å²) in [5.74, 6) is 0.173. The maximum atomic E-state index is 12.0. The average molecular weight is 300 g/mol. The van der Waals surface area contributed by atoms with Crippen molar-refractivity contribution in [1.29, 1.82) is 0 Å². The molecular formula is C14H28N4OS. The molecule has 0 spiro atoms. The Kier molecular flexibility index (Phi) is 7.40. The third kappa shape index (κ3) is 5.73. The van der Waals surface area contributed by atoms with Gasteiger partial charge in [-0.15, -0.1) is 0 Å². The van der Waals surface area contributed by atoms with Crippen molar-refractivity contribution in [2.75, 3.05) is 46.3 Å². The van der Waals surface area contributed by atoms with Gasteiger partial charge in [0, 0.05) is 58.7 Å². The third-order valence-corrected chi connectivity index (χ3v) is 4.22. The van der Waals surface area contributed by atoms with Gasteiger partial charge in [-0.05, 0) is 13.5 Å². The summed E-state index contributed by atoms with van der Waals surface area (Å²) in [5, 5.41) is 0. The normalized spacial score (nSPS) is 20.9. The molecule has 1 heterocycles. The number of likely N-dealkylation sites (N-methyl/N-ethyl adjacent to an activating group) is 1. The Morgan fingerprint density at radius 1 is 1.40 bits per heavy atom. The van der Waals surface area contributed by atoms with Crippen molar-refractivity contribution in [1.82, 2.24) is 14.7 Å². The number of carbonyl (C=O) groups is 1. The topological polar surface area (TPSA) is 52.8 Å². The fourth-order valence-electron chi connectivity index (χ4n) is 2.59. The highest BCUT2D eigenvalue weighted by Crippen LogP contribution is 2.09. The predicted molar refractivity (Wildman–Crippen MR) is 86.8 cm³/mol. The summed E-state index contributed by atoms with van der Waals surface area (Å²) in [6.45, 7) is 10.2. The number of nitrogens with two attached hydrogens (primary N) is 1. The van der Waals surface area contributed by atoms with Gasteiger partial charge in [0.1, 0.15) is 0 Å². The van der Waals surface area contributed by atoms with E-state index in [0.717, 1.165) is 32.7 Å². The molecule has 1 aliphatic heterocycles. The van der Waals surface area contributed by atoms with Crippen LogP contribution in [-0.4, -0.2) is 78.0 Å². The minimum absolute atomic E-state index is 0.173. The predicted octanol–water partition coefficient (Wildman–Crippen LogP) is 0.537. The summed E-state index contributed by atoms with van der Waals surface area (Å²) in [6.07, 6.45) is 1.18. The monoisotopic (exact) mass is 300 g/mol. The fraction of sp³-hybridized carbons (Fsp3) is 0.857. The lowest BCUT2D eigenvalue weighted by Crippen LogP contribution is -2.52. The van der Waals surface area contributed by atoms with Crippen molar-refractivity contribution >= 4 is 23.1 Å². The van der Waals surface area contributed by atoms with Gasteiger partial charge < -0.3 is 15.5 Å². The second-order valence-electron chi connectivity index (χ2n) is 5.56. The highest BCUT2D eigenvalue weighted by atomic mass is 32.1. The number of hydrogen-bond acceptors (Lipinski definition) is 4. The second-order valence-corrected chi connectivity index (χ2v) is 6.08. The summed E-state index contributed by atoms with van der Waals surface area (Å²) >= 11 is 4.83. The van der Waals surface area contributed by atoms with Crippen LogP contribution in [0.2, 0.25) is 0 Å². The maximum absolute atomic E-state index is 12.0. The van der Waals surface area contributed by atoms with Crippen molar-refractivity contribution in [3.05, 3.63) is 0 Å². The van der Waals surface area contributed by atoms with Crippen LogP contribution in [0.25, 0.3) is 0 Å². The standard InChI is InChI=1S/C14H28N4OS/c1-4-18-10-9-17(11-12(18)2)8-6-14(19)16(3)7-5-13(15)20/h12H,4-11H2,1-3H3,(H2,15,20). The van der Waals surface area contributed by atoms with Gasteiger partial charge in [-0.1, -0.05) is 19.1 Å². The largest absolute Gasteiger partial charge is 0.393 e. The van der Waals surface area contributed by atoms with Crippen molar-refractivity contribution in [3.8, 4) is 0 Å². The van der Waals surface area contributed by atoms with Gasteiger partial charge in [-0.3, -0.25) is 9.69 Å². The molecule has 0 radical (unpaired) electrons. The lowest BCUT2D eigenvalue weighted by molar-refractivity contribution is -0.130. The van der Waals surface area contributed by atoms with Crippen LogP contribution in [0, 0.1) is 0 Å². The molecule has 1 amide bonds. The fourth-order valence-corrected chi connectivity index (χ4v) is 2.68. The number of nitrogens with zero attached hydrogens (tertiary/aromatic N) is 3. The summed E-state index contributed by atoms with van der Waals surface area (Å²) in [7, 11) is 1.82. The summed E-state index contributed by atoms with van der Waals surface area (Å²) < 4.78 is 0. The Hall–Kier alpha value is -0.720. The van der Waals surface area contributed by atoms with Crippen LogP contribution >= 0.6 is 12.2 Å². The quantitative estimate of drug-likeness (QED) is 0.696. The van der Waals surface area contributed by atoms with Gasteiger partial charge in [0.25, 0.3) is 0 Å². The Balaban J connectivity index is 2.26. The molecule has 0 aliphatic carbocycles. The molecule has 0 aromatic carbocycles. The molecule has 0 aromatic rings. The first-order valence-corrected chi connectivity index (χ1v) is 7.83. The van der Waals surface area contributed by atoms with E-state index in [1.54, 1.807) is 4.90 Å². The Morgan fingerprint density at radius 2 is 2.10 bits per heavy atom. The van der Waals surface area contributed by atoms with Crippen molar-refractivity contribution < 1.29 is 4.79 Å². The molecule has 1 saturated heterocycles. The van der Waals surface area contributed by atoms with Crippen molar-refractivity contribution in [2.24, 2.45) is 5.73 Å². The molecule has 6 heteroatoms. The van der Waals surface area contributed by atoms with Gasteiger partial charge in [0.05, 0.1) is 4.99 Å². The molecule has 1 fully saturated rings. The van der Waals surface area contributed by atoms with Crippen LogP contribution in [0.4, 0.5) is 0 Å². The summed E-state index contributed by atoms with van der Waals surface area (Å²) in [5.41, 5.74) is 5.45. The van der Waals surface area contributed by atoms with Gasteiger partial charge in [-0.25, -0.2) is 0 Å². The van der Waals surface area contributed by atoms with Crippen molar-refractivity contribution in [2.45, 2.75) is 32.7 Å². The maximum Gasteiger partial charge on any atom is 0.223 e. The highest BCUT2D eigenvalue weighted by Gasteiger charge is 2.22. The number of hydrogen-bond donors (Lipinski definition) is 1. The van der Waals surface area contributed by atoms with Crippen LogP contribution in [0.1, 0.15) is 26.7 Å². The minimum atomic E-state index is 0.173. The van der Waals surface area contributed by atoms with E-state index in [2.05, 4.69) is 23.6 Å². The third-order valence-electron chi connectivity index (χ3n) is 4.02. The Labute approximate surface area is 128 Å². The zero-order chi connectivity index (χ0) is 15.1. The molecular weight excluding hydrogens is 272 g/mol. The van der Waals surface area contributed by atoms with E-state index in [0.29, 0.717) is 30.4 Å². The number of amides is 1. The summed E-state index contributed by atoms with van der Waals surface area (Å²) in [6, 6.07) is 0.580. The van der Waals surface area contributed by atoms with Gasteiger partial charge in [0.2, 0.25) is 5.91 Å². The number of thiocarbonyl (C=S) groups is 1. The minimum Gasteiger partial charge on any atom is -0.393 e. The van der Waals surface area contributed by atoms with Crippen LogP contribution in [0.3, 0.4) is 0 Å². The molecule has 2 N–H and O–H groups in total. The SMILES string of the molecule is CCN1CCN(CCC(=O)N(C)CCC(N)=S)CC1C. The molecule has 0 bridgehead atoms. The molecule has 20 heavy (non-hydrogen) atoms. The first kappa shape index (κ1) is 17.3. The zero-order valence-electron chi connectivity index (χ0n) is 13.0. The van der Waals surface area contributed by atoms with E-state index < -0.39 is 0 Å². The van der Waals surface area contributed by atoms with Crippen LogP contribution < -0.4 is 5.73 Å². The van der Waals surface area contributed by atoms with Gasteiger partial charge >= 0.3 is 0 Å². The number of rotatable bonds is 7. The molecule has 1 unspecified atom stereocenters. The first-order chi connectivity index (χ1) is 9.43. The smallest absolute Gasteiger partial charge is 0.223 e.